The zero-order valence-corrected chi connectivity index (χ0v) is 9.11. The van der Waals surface area contributed by atoms with Crippen molar-refractivity contribution >= 4 is 32.9 Å². The zero-order valence-electron chi connectivity index (χ0n) is 5.81. The van der Waals surface area contributed by atoms with E-state index in [1.807, 2.05) is 0 Å². The van der Waals surface area contributed by atoms with Gasteiger partial charge in [0.25, 0.3) is 5.95 Å². The van der Waals surface area contributed by atoms with Crippen molar-refractivity contribution in [1.29, 1.82) is 0 Å². The SMILES string of the molecule is Br.Brc1nc(-n2ccnc2)n[nH]1. The van der Waals surface area contributed by atoms with Gasteiger partial charge in [0.2, 0.25) is 0 Å². The molecule has 0 unspecified atom stereocenters. The van der Waals surface area contributed by atoms with Crippen LogP contribution in [0.4, 0.5) is 0 Å². The Morgan fingerprint density at radius 3 is 2.83 bits per heavy atom. The minimum atomic E-state index is 0. The molecular weight excluding hydrogens is 290 g/mol. The van der Waals surface area contributed by atoms with Crippen LogP contribution in [-0.4, -0.2) is 24.7 Å². The summed E-state index contributed by atoms with van der Waals surface area (Å²) in [6, 6.07) is 0. The molecule has 2 rings (SSSR count). The summed E-state index contributed by atoms with van der Waals surface area (Å²) >= 11 is 3.15. The second-order valence-electron chi connectivity index (χ2n) is 1.90. The summed E-state index contributed by atoms with van der Waals surface area (Å²) in [5.41, 5.74) is 0. The molecule has 0 radical (unpaired) electrons. The number of halogens is 2. The fraction of sp³-hybridized carbons (Fsp3) is 0. The van der Waals surface area contributed by atoms with E-state index in [9.17, 15) is 0 Å². The third-order valence-corrected chi connectivity index (χ3v) is 1.54. The van der Waals surface area contributed by atoms with Crippen LogP contribution in [0.3, 0.4) is 0 Å². The van der Waals surface area contributed by atoms with Gasteiger partial charge in [-0.2, -0.15) is 4.98 Å². The Morgan fingerprint density at radius 2 is 2.33 bits per heavy atom. The van der Waals surface area contributed by atoms with Crippen molar-refractivity contribution in [2.75, 3.05) is 0 Å². The van der Waals surface area contributed by atoms with Gasteiger partial charge in [-0.1, -0.05) is 0 Å². The van der Waals surface area contributed by atoms with Crippen LogP contribution in [0, 0.1) is 0 Å². The number of rotatable bonds is 1. The second-order valence-corrected chi connectivity index (χ2v) is 2.65. The van der Waals surface area contributed by atoms with Gasteiger partial charge in [-0.25, -0.2) is 4.98 Å². The minimum Gasteiger partial charge on any atom is -0.273 e. The lowest BCUT2D eigenvalue weighted by Gasteiger charge is -1.88. The molecule has 0 bridgehead atoms. The predicted octanol–water partition coefficient (Wildman–Crippen LogP) is 1.33. The van der Waals surface area contributed by atoms with Gasteiger partial charge < -0.3 is 0 Å². The molecule has 5 nitrogen and oxygen atoms in total. The number of nitrogens with zero attached hydrogens (tertiary/aromatic N) is 4. The van der Waals surface area contributed by atoms with E-state index in [0.29, 0.717) is 10.7 Å². The summed E-state index contributed by atoms with van der Waals surface area (Å²) in [6.45, 7) is 0. The van der Waals surface area contributed by atoms with Gasteiger partial charge in [-0.15, -0.1) is 22.1 Å². The molecule has 0 saturated heterocycles. The van der Waals surface area contributed by atoms with E-state index in [2.05, 4.69) is 36.1 Å². The summed E-state index contributed by atoms with van der Waals surface area (Å²) in [4.78, 5) is 7.89. The summed E-state index contributed by atoms with van der Waals surface area (Å²) in [6.07, 6.45) is 5.08. The highest BCUT2D eigenvalue weighted by molar-refractivity contribution is 9.10. The van der Waals surface area contributed by atoms with Crippen LogP contribution in [-0.2, 0) is 0 Å². The Kier molecular flexibility index (Phi) is 2.99. The average molecular weight is 295 g/mol. The topological polar surface area (TPSA) is 59.4 Å². The number of hydrogen-bond acceptors (Lipinski definition) is 3. The van der Waals surface area contributed by atoms with E-state index in [4.69, 9.17) is 0 Å². The number of imidazole rings is 1. The number of H-pyrrole nitrogens is 1. The molecule has 2 aromatic rings. The summed E-state index contributed by atoms with van der Waals surface area (Å²) < 4.78 is 2.32. The van der Waals surface area contributed by atoms with Crippen LogP contribution in [0.2, 0.25) is 0 Å². The molecule has 0 aliphatic heterocycles. The van der Waals surface area contributed by atoms with Crippen molar-refractivity contribution in [2.24, 2.45) is 0 Å². The molecular formula is C5H5Br2N5. The van der Waals surface area contributed by atoms with Crippen LogP contribution in [0.5, 0.6) is 0 Å². The van der Waals surface area contributed by atoms with E-state index < -0.39 is 0 Å². The van der Waals surface area contributed by atoms with E-state index in [1.54, 1.807) is 23.3 Å². The lowest BCUT2D eigenvalue weighted by molar-refractivity contribution is 0.931. The van der Waals surface area contributed by atoms with E-state index in [-0.39, 0.29) is 17.0 Å². The normalized spacial score (nSPS) is 9.42. The van der Waals surface area contributed by atoms with Gasteiger partial charge in [0.15, 0.2) is 4.73 Å². The average Bonchev–Trinajstić information content (AvgIpc) is 2.55. The molecule has 2 aromatic heterocycles. The number of hydrogen-bond donors (Lipinski definition) is 1. The van der Waals surface area contributed by atoms with Crippen molar-refractivity contribution in [3.05, 3.63) is 23.5 Å². The first-order chi connectivity index (χ1) is 5.36. The molecule has 0 aromatic carbocycles. The van der Waals surface area contributed by atoms with Gasteiger partial charge in [-0.05, 0) is 15.9 Å². The quantitative estimate of drug-likeness (QED) is 0.863. The fourth-order valence-electron chi connectivity index (χ4n) is 0.727. The summed E-state index contributed by atoms with van der Waals surface area (Å²) in [7, 11) is 0. The molecule has 0 saturated carbocycles. The predicted molar refractivity (Wildman–Crippen MR) is 51.5 cm³/mol. The number of aromatic nitrogens is 5. The van der Waals surface area contributed by atoms with Crippen LogP contribution in [0.1, 0.15) is 0 Å². The maximum atomic E-state index is 4.03. The Balaban J connectivity index is 0.000000720. The van der Waals surface area contributed by atoms with Gasteiger partial charge in [0, 0.05) is 12.4 Å². The lowest BCUT2D eigenvalue weighted by atomic mass is 10.8. The lowest BCUT2D eigenvalue weighted by Crippen LogP contribution is -1.91. The molecule has 0 aliphatic rings. The maximum Gasteiger partial charge on any atom is 0.254 e. The molecule has 2 heterocycles. The van der Waals surface area contributed by atoms with Crippen LogP contribution in [0.25, 0.3) is 5.95 Å². The highest BCUT2D eigenvalue weighted by atomic mass is 79.9. The first-order valence-corrected chi connectivity index (χ1v) is 3.72. The zero-order chi connectivity index (χ0) is 7.68. The number of nitrogens with one attached hydrogen (secondary N) is 1. The van der Waals surface area contributed by atoms with E-state index >= 15 is 0 Å². The molecule has 1 N–H and O–H groups in total. The molecule has 0 amide bonds. The molecule has 7 heteroatoms. The molecule has 12 heavy (non-hydrogen) atoms. The van der Waals surface area contributed by atoms with E-state index in [1.165, 1.54) is 0 Å². The third-order valence-electron chi connectivity index (χ3n) is 1.18. The van der Waals surface area contributed by atoms with Gasteiger partial charge in [0.05, 0.1) is 0 Å². The first kappa shape index (κ1) is 9.40. The van der Waals surface area contributed by atoms with Crippen molar-refractivity contribution in [1.82, 2.24) is 24.7 Å². The second kappa shape index (κ2) is 3.81. The molecule has 0 aliphatic carbocycles. The number of aromatic amines is 1. The Bertz CT molecular complexity index is 340. The largest absolute Gasteiger partial charge is 0.273 e. The molecule has 0 spiro atoms. The highest BCUT2D eigenvalue weighted by Gasteiger charge is 2.00. The van der Waals surface area contributed by atoms with Crippen LogP contribution in [0.15, 0.2) is 23.5 Å². The molecule has 64 valence electrons. The smallest absolute Gasteiger partial charge is 0.254 e. The maximum absolute atomic E-state index is 4.03. The first-order valence-electron chi connectivity index (χ1n) is 2.92. The van der Waals surface area contributed by atoms with E-state index in [0.717, 1.165) is 0 Å². The Morgan fingerprint density at radius 1 is 1.50 bits per heavy atom. The van der Waals surface area contributed by atoms with Gasteiger partial charge >= 0.3 is 0 Å². The monoisotopic (exact) mass is 293 g/mol. The van der Waals surface area contributed by atoms with Crippen molar-refractivity contribution in [3.8, 4) is 5.95 Å². The highest BCUT2D eigenvalue weighted by Crippen LogP contribution is 2.03. The van der Waals surface area contributed by atoms with Crippen LogP contribution >= 0.6 is 32.9 Å². The van der Waals surface area contributed by atoms with Crippen molar-refractivity contribution < 1.29 is 0 Å². The van der Waals surface area contributed by atoms with Crippen LogP contribution < -0.4 is 0 Å². The van der Waals surface area contributed by atoms with Crippen molar-refractivity contribution in [3.63, 3.8) is 0 Å². The minimum absolute atomic E-state index is 0. The summed E-state index contributed by atoms with van der Waals surface area (Å²) in [5, 5.41) is 6.56. The van der Waals surface area contributed by atoms with Crippen molar-refractivity contribution in [2.45, 2.75) is 0 Å². The standard InChI is InChI=1S/C5H4BrN5.BrH/c6-4-8-5(10-9-4)11-2-1-7-3-11;/h1-3H,(H,8,9,10);1H. The fourth-order valence-corrected chi connectivity index (χ4v) is 0.974. The Hall–Kier alpha value is -0.690. The third kappa shape index (κ3) is 1.72. The van der Waals surface area contributed by atoms with Gasteiger partial charge in [-0.3, -0.25) is 9.67 Å². The molecule has 0 atom stereocenters. The summed E-state index contributed by atoms with van der Waals surface area (Å²) in [5.74, 6) is 0.578. The molecule has 0 fully saturated rings. The van der Waals surface area contributed by atoms with Gasteiger partial charge in [0.1, 0.15) is 6.33 Å². The Labute approximate surface area is 87.1 Å².